The number of phenolic OH excluding ortho intramolecular Hbond substituents is 1. The van der Waals surface area contributed by atoms with Gasteiger partial charge < -0.3 is 26.4 Å². The number of nitrogens with one attached hydrogen (secondary N) is 2. The molecule has 1 fully saturated rings. The number of carbonyl (C=O) groups excluding carboxylic acids is 4. The van der Waals surface area contributed by atoms with Crippen LogP contribution in [0.5, 0.6) is 5.75 Å². The van der Waals surface area contributed by atoms with Crippen LogP contribution in [0.1, 0.15) is 36.8 Å². The molecule has 2 aromatic rings. The van der Waals surface area contributed by atoms with Crippen LogP contribution in [-0.4, -0.2) is 58.8 Å². The number of likely N-dealkylation sites (tertiary alicyclic amines) is 1. The minimum absolute atomic E-state index is 0.104. The Morgan fingerprint density at radius 2 is 1.69 bits per heavy atom. The lowest BCUT2D eigenvalue weighted by Crippen LogP contribution is -2.54. The van der Waals surface area contributed by atoms with Gasteiger partial charge in [-0.1, -0.05) is 24.3 Å². The van der Waals surface area contributed by atoms with E-state index in [1.807, 2.05) is 0 Å². The molecule has 3 rings (SSSR count). The number of amides is 4. The Morgan fingerprint density at radius 3 is 2.36 bits per heavy atom. The minimum atomic E-state index is -0.985. The largest absolute Gasteiger partial charge is 0.508 e. The number of hydrogen-bond donors (Lipinski definition) is 4. The molecule has 5 N–H and O–H groups in total. The molecule has 9 nitrogen and oxygen atoms in total. The second kappa shape index (κ2) is 12.7. The van der Waals surface area contributed by atoms with E-state index in [1.165, 1.54) is 29.2 Å². The SMILES string of the molecule is NC(=O)CCC(=O)N[C@H](Cc1ccc(F)cc1)C(=O)N1CCC[C@H]1C(=O)NCCc1ccc(O)cc1. The fourth-order valence-electron chi connectivity index (χ4n) is 4.17. The first-order valence-corrected chi connectivity index (χ1v) is 11.9. The Bertz CT molecular complexity index is 1070. The molecule has 1 aliphatic heterocycles. The topological polar surface area (TPSA) is 142 Å². The molecule has 1 heterocycles. The van der Waals surface area contributed by atoms with Gasteiger partial charge in [-0.15, -0.1) is 0 Å². The van der Waals surface area contributed by atoms with Crippen LogP contribution in [0.15, 0.2) is 48.5 Å². The number of nitrogens with two attached hydrogens (primary N) is 1. The van der Waals surface area contributed by atoms with Crippen molar-refractivity contribution in [3.63, 3.8) is 0 Å². The summed E-state index contributed by atoms with van der Waals surface area (Å²) in [5.41, 5.74) is 6.71. The Balaban J connectivity index is 1.65. The van der Waals surface area contributed by atoms with E-state index in [0.29, 0.717) is 37.9 Å². The van der Waals surface area contributed by atoms with Gasteiger partial charge in [-0.05, 0) is 54.7 Å². The maximum atomic E-state index is 13.5. The molecule has 2 aromatic carbocycles. The summed E-state index contributed by atoms with van der Waals surface area (Å²) in [4.78, 5) is 51.3. The summed E-state index contributed by atoms with van der Waals surface area (Å²) in [6, 6.07) is 10.6. The van der Waals surface area contributed by atoms with Gasteiger partial charge in [-0.3, -0.25) is 19.2 Å². The number of halogens is 1. The zero-order valence-corrected chi connectivity index (χ0v) is 19.9. The molecular weight excluding hydrogens is 467 g/mol. The number of carbonyl (C=O) groups is 4. The van der Waals surface area contributed by atoms with Crippen molar-refractivity contribution >= 4 is 23.6 Å². The van der Waals surface area contributed by atoms with Gasteiger partial charge in [0, 0.05) is 32.4 Å². The maximum absolute atomic E-state index is 13.5. The number of nitrogens with zero attached hydrogens (tertiary/aromatic N) is 1. The second-order valence-corrected chi connectivity index (χ2v) is 8.81. The predicted molar refractivity (Wildman–Crippen MR) is 130 cm³/mol. The van der Waals surface area contributed by atoms with Gasteiger partial charge in [-0.25, -0.2) is 4.39 Å². The first-order chi connectivity index (χ1) is 17.2. The number of aromatic hydroxyl groups is 1. The van der Waals surface area contributed by atoms with Crippen LogP contribution in [0.4, 0.5) is 4.39 Å². The van der Waals surface area contributed by atoms with Gasteiger partial charge in [0.15, 0.2) is 0 Å². The van der Waals surface area contributed by atoms with Crippen molar-refractivity contribution in [1.82, 2.24) is 15.5 Å². The van der Waals surface area contributed by atoms with Crippen molar-refractivity contribution in [1.29, 1.82) is 0 Å². The van der Waals surface area contributed by atoms with E-state index >= 15 is 0 Å². The van der Waals surface area contributed by atoms with Gasteiger partial charge in [0.25, 0.3) is 0 Å². The van der Waals surface area contributed by atoms with E-state index in [0.717, 1.165) is 5.56 Å². The van der Waals surface area contributed by atoms with Crippen LogP contribution in [0, 0.1) is 5.82 Å². The van der Waals surface area contributed by atoms with E-state index in [-0.39, 0.29) is 30.9 Å². The van der Waals surface area contributed by atoms with Gasteiger partial charge in [-0.2, -0.15) is 0 Å². The summed E-state index contributed by atoms with van der Waals surface area (Å²) in [6.07, 6.45) is 1.49. The van der Waals surface area contributed by atoms with Gasteiger partial charge in [0.1, 0.15) is 23.7 Å². The van der Waals surface area contributed by atoms with Crippen molar-refractivity contribution in [3.05, 3.63) is 65.5 Å². The van der Waals surface area contributed by atoms with Crippen molar-refractivity contribution < 1.29 is 28.7 Å². The highest BCUT2D eigenvalue weighted by Gasteiger charge is 2.37. The van der Waals surface area contributed by atoms with Crippen LogP contribution in [-0.2, 0) is 32.0 Å². The molecule has 0 spiro atoms. The lowest BCUT2D eigenvalue weighted by molar-refractivity contribution is -0.141. The maximum Gasteiger partial charge on any atom is 0.246 e. The Hall–Kier alpha value is -3.95. The zero-order chi connectivity index (χ0) is 26.1. The highest BCUT2D eigenvalue weighted by Crippen LogP contribution is 2.20. The first kappa shape index (κ1) is 26.7. The standard InChI is InChI=1S/C26H31FN4O5/c27-19-7-3-18(4-8-19)16-21(30-24(34)12-11-23(28)33)26(36)31-15-1-2-22(31)25(35)29-14-13-17-5-9-20(32)10-6-17/h3-10,21-22,32H,1-2,11-16H2,(H2,28,33)(H,29,35)(H,30,34)/t21-,22+/m1/s1. The lowest BCUT2D eigenvalue weighted by Gasteiger charge is -2.29. The monoisotopic (exact) mass is 498 g/mol. The molecule has 1 saturated heterocycles. The summed E-state index contributed by atoms with van der Waals surface area (Å²) in [5, 5.41) is 14.9. The third-order valence-electron chi connectivity index (χ3n) is 6.07. The molecule has 1 aliphatic rings. The summed E-state index contributed by atoms with van der Waals surface area (Å²) in [7, 11) is 0. The number of hydrogen-bond acceptors (Lipinski definition) is 5. The molecule has 0 bridgehead atoms. The van der Waals surface area contributed by atoms with Crippen molar-refractivity contribution in [3.8, 4) is 5.75 Å². The summed E-state index contributed by atoms with van der Waals surface area (Å²) < 4.78 is 13.3. The highest BCUT2D eigenvalue weighted by molar-refractivity contribution is 5.93. The lowest BCUT2D eigenvalue weighted by atomic mass is 10.0. The van der Waals surface area contributed by atoms with E-state index < -0.39 is 35.6 Å². The number of phenols is 1. The van der Waals surface area contributed by atoms with Crippen molar-refractivity contribution in [2.75, 3.05) is 13.1 Å². The van der Waals surface area contributed by atoms with E-state index in [1.54, 1.807) is 24.3 Å². The van der Waals surface area contributed by atoms with E-state index in [9.17, 15) is 28.7 Å². The van der Waals surface area contributed by atoms with E-state index in [4.69, 9.17) is 5.73 Å². The van der Waals surface area contributed by atoms with Crippen LogP contribution < -0.4 is 16.4 Å². The fourth-order valence-corrected chi connectivity index (χ4v) is 4.17. The third-order valence-corrected chi connectivity index (χ3v) is 6.07. The van der Waals surface area contributed by atoms with Crippen LogP contribution in [0.2, 0.25) is 0 Å². The summed E-state index contributed by atoms with van der Waals surface area (Å²) in [5.74, 6) is -2.09. The van der Waals surface area contributed by atoms with Crippen LogP contribution >= 0.6 is 0 Å². The average molecular weight is 499 g/mol. The average Bonchev–Trinajstić information content (AvgIpc) is 3.34. The molecule has 10 heteroatoms. The molecular formula is C26H31FN4O5. The molecule has 0 unspecified atom stereocenters. The predicted octanol–water partition coefficient (Wildman–Crippen LogP) is 1.17. The third kappa shape index (κ3) is 7.79. The fraction of sp³-hybridized carbons (Fsp3) is 0.385. The Kier molecular flexibility index (Phi) is 9.38. The van der Waals surface area contributed by atoms with Crippen LogP contribution in [0.3, 0.4) is 0 Å². The zero-order valence-electron chi connectivity index (χ0n) is 19.9. The second-order valence-electron chi connectivity index (χ2n) is 8.81. The Morgan fingerprint density at radius 1 is 1.03 bits per heavy atom. The normalized spacial score (nSPS) is 15.8. The van der Waals surface area contributed by atoms with Crippen molar-refractivity contribution in [2.24, 2.45) is 5.73 Å². The molecule has 2 atom stereocenters. The van der Waals surface area contributed by atoms with Gasteiger partial charge >= 0.3 is 0 Å². The van der Waals surface area contributed by atoms with Crippen molar-refractivity contribution in [2.45, 2.75) is 50.6 Å². The number of rotatable bonds is 11. The molecule has 0 radical (unpaired) electrons. The number of benzene rings is 2. The van der Waals surface area contributed by atoms with Crippen LogP contribution in [0.25, 0.3) is 0 Å². The molecule has 0 saturated carbocycles. The highest BCUT2D eigenvalue weighted by atomic mass is 19.1. The quantitative estimate of drug-likeness (QED) is 0.368. The summed E-state index contributed by atoms with van der Waals surface area (Å²) in [6.45, 7) is 0.733. The molecule has 0 aromatic heterocycles. The summed E-state index contributed by atoms with van der Waals surface area (Å²) >= 11 is 0. The van der Waals surface area contributed by atoms with Gasteiger partial charge in [0.05, 0.1) is 0 Å². The minimum Gasteiger partial charge on any atom is -0.508 e. The smallest absolute Gasteiger partial charge is 0.246 e. The molecule has 4 amide bonds. The molecule has 192 valence electrons. The first-order valence-electron chi connectivity index (χ1n) is 11.9. The van der Waals surface area contributed by atoms with E-state index in [2.05, 4.69) is 10.6 Å². The molecule has 36 heavy (non-hydrogen) atoms. The number of primary amides is 1. The molecule has 0 aliphatic carbocycles. The van der Waals surface area contributed by atoms with Gasteiger partial charge in [0.2, 0.25) is 23.6 Å². The Labute approximate surface area is 208 Å².